The third-order valence-electron chi connectivity index (χ3n) is 5.17. The molecule has 166 valence electrons. The number of aromatic nitrogens is 3. The zero-order valence-electron chi connectivity index (χ0n) is 17.9. The van der Waals surface area contributed by atoms with Crippen LogP contribution in [0.2, 0.25) is 0 Å². The zero-order valence-corrected chi connectivity index (χ0v) is 18.7. The quantitative estimate of drug-likeness (QED) is 0.548. The number of methoxy groups -OCH3 is 1. The van der Waals surface area contributed by atoms with E-state index >= 15 is 0 Å². The highest BCUT2D eigenvalue weighted by Gasteiger charge is 2.33. The number of thioether (sulfide) groups is 1. The number of esters is 1. The van der Waals surface area contributed by atoms with Crippen LogP contribution in [0.1, 0.15) is 18.9 Å². The van der Waals surface area contributed by atoms with Crippen LogP contribution >= 0.6 is 11.8 Å². The summed E-state index contributed by atoms with van der Waals surface area (Å²) in [5.41, 5.74) is 2.65. The number of carbonyl (C=O) groups is 2. The van der Waals surface area contributed by atoms with Crippen LogP contribution in [0.25, 0.3) is 11.4 Å². The van der Waals surface area contributed by atoms with Crippen molar-refractivity contribution in [2.24, 2.45) is 0 Å². The summed E-state index contributed by atoms with van der Waals surface area (Å²) >= 11 is 1.30. The summed E-state index contributed by atoms with van der Waals surface area (Å²) in [4.78, 5) is 31.7. The summed E-state index contributed by atoms with van der Waals surface area (Å²) < 4.78 is 10.3. The molecule has 0 aliphatic carbocycles. The van der Waals surface area contributed by atoms with Crippen LogP contribution in [0.5, 0.6) is 5.75 Å². The van der Waals surface area contributed by atoms with Gasteiger partial charge in [-0.25, -0.2) is 4.98 Å². The molecule has 0 unspecified atom stereocenters. The lowest BCUT2D eigenvalue weighted by molar-refractivity contribution is -0.142. The van der Waals surface area contributed by atoms with Crippen LogP contribution in [-0.2, 0) is 20.7 Å². The van der Waals surface area contributed by atoms with Crippen molar-refractivity contribution in [1.29, 1.82) is 0 Å². The van der Waals surface area contributed by atoms with Gasteiger partial charge in [0.25, 0.3) is 0 Å². The number of anilines is 1. The topological polar surface area (TPSA) is 97.4 Å². The zero-order chi connectivity index (χ0) is 22.5. The highest BCUT2D eigenvalue weighted by molar-refractivity contribution is 8.00. The number of H-pyrrole nitrogens is 1. The van der Waals surface area contributed by atoms with Gasteiger partial charge in [0.15, 0.2) is 5.82 Å². The minimum atomic E-state index is -0.430. The molecule has 32 heavy (non-hydrogen) atoms. The SMILES string of the molecule is CCOC(=O)CN1C(=O)[C@@H](Sc2n[nH]c(-c3ccc(OC)cc3)n2)CCc2ccccc21. The first-order chi connectivity index (χ1) is 15.6. The predicted molar refractivity (Wildman–Crippen MR) is 122 cm³/mol. The van der Waals surface area contributed by atoms with Crippen molar-refractivity contribution in [3.63, 3.8) is 0 Å². The molecule has 0 saturated carbocycles. The number of aromatic amines is 1. The van der Waals surface area contributed by atoms with Gasteiger partial charge in [0.2, 0.25) is 11.1 Å². The summed E-state index contributed by atoms with van der Waals surface area (Å²) in [5, 5.41) is 7.29. The highest BCUT2D eigenvalue weighted by Crippen LogP contribution is 2.34. The van der Waals surface area contributed by atoms with Crippen molar-refractivity contribution in [3.8, 4) is 17.1 Å². The molecule has 1 N–H and O–H groups in total. The van der Waals surface area contributed by atoms with Gasteiger partial charge in [0.05, 0.1) is 19.0 Å². The first-order valence-electron chi connectivity index (χ1n) is 10.4. The fourth-order valence-corrected chi connectivity index (χ4v) is 4.56. The monoisotopic (exact) mass is 452 g/mol. The average molecular weight is 453 g/mol. The number of aryl methyl sites for hydroxylation is 1. The Morgan fingerprint density at radius 1 is 1.22 bits per heavy atom. The van der Waals surface area contributed by atoms with Crippen molar-refractivity contribution in [3.05, 3.63) is 54.1 Å². The Morgan fingerprint density at radius 2 is 2.00 bits per heavy atom. The lowest BCUT2D eigenvalue weighted by Crippen LogP contribution is -2.41. The van der Waals surface area contributed by atoms with E-state index in [0.717, 1.165) is 22.6 Å². The second kappa shape index (κ2) is 9.86. The molecule has 1 aliphatic heterocycles. The molecular weight excluding hydrogens is 428 g/mol. The maximum Gasteiger partial charge on any atom is 0.326 e. The Kier molecular flexibility index (Phi) is 6.75. The summed E-state index contributed by atoms with van der Waals surface area (Å²) in [6, 6.07) is 15.2. The predicted octanol–water partition coefficient (Wildman–Crippen LogP) is 3.48. The van der Waals surface area contributed by atoms with Gasteiger partial charge in [-0.05, 0) is 55.7 Å². The standard InChI is InChI=1S/C23H24N4O4S/c1-3-31-20(28)14-27-18-7-5-4-6-15(18)10-13-19(22(27)29)32-23-24-21(25-26-23)16-8-11-17(30-2)12-9-16/h4-9,11-12,19H,3,10,13-14H2,1-2H3,(H,24,25,26)/t19-/m0/s1. The molecular formula is C23H24N4O4S. The summed E-state index contributed by atoms with van der Waals surface area (Å²) in [6.45, 7) is 1.90. The first-order valence-corrected chi connectivity index (χ1v) is 11.3. The minimum Gasteiger partial charge on any atom is -0.497 e. The van der Waals surface area contributed by atoms with E-state index in [9.17, 15) is 9.59 Å². The number of amides is 1. The summed E-state index contributed by atoms with van der Waals surface area (Å²) in [5.74, 6) is 0.792. The van der Waals surface area contributed by atoms with E-state index in [2.05, 4.69) is 15.2 Å². The number of nitrogens with one attached hydrogen (secondary N) is 1. The largest absolute Gasteiger partial charge is 0.497 e. The third kappa shape index (κ3) is 4.77. The fraction of sp³-hybridized carbons (Fsp3) is 0.304. The first kappa shape index (κ1) is 21.9. The highest BCUT2D eigenvalue weighted by atomic mass is 32.2. The number of carbonyl (C=O) groups excluding carboxylic acids is 2. The van der Waals surface area contributed by atoms with Crippen molar-refractivity contribution in [2.45, 2.75) is 30.2 Å². The van der Waals surface area contributed by atoms with Crippen LogP contribution in [-0.4, -0.2) is 52.6 Å². The Hall–Kier alpha value is -3.33. The number of ether oxygens (including phenoxy) is 2. The normalized spacial score (nSPS) is 15.8. The molecule has 1 aliphatic rings. The molecule has 0 fully saturated rings. The van der Waals surface area contributed by atoms with Gasteiger partial charge < -0.3 is 9.47 Å². The Balaban J connectivity index is 1.54. The molecule has 0 spiro atoms. The Bertz CT molecular complexity index is 1100. The van der Waals surface area contributed by atoms with Crippen LogP contribution in [0.3, 0.4) is 0 Å². The molecule has 1 atom stereocenters. The third-order valence-corrected chi connectivity index (χ3v) is 6.28. The second-order valence-corrected chi connectivity index (χ2v) is 8.37. The molecule has 2 heterocycles. The molecule has 8 nitrogen and oxygen atoms in total. The van der Waals surface area contributed by atoms with E-state index in [1.807, 2.05) is 48.5 Å². The van der Waals surface area contributed by atoms with Crippen LogP contribution in [0.4, 0.5) is 5.69 Å². The molecule has 1 amide bonds. The second-order valence-electron chi connectivity index (χ2n) is 7.20. The maximum atomic E-state index is 13.4. The van der Waals surface area contributed by atoms with Gasteiger partial charge in [-0.15, -0.1) is 5.10 Å². The average Bonchev–Trinajstić information content (AvgIpc) is 3.24. The van der Waals surface area contributed by atoms with Crippen molar-refractivity contribution < 1.29 is 19.1 Å². The van der Waals surface area contributed by atoms with Gasteiger partial charge >= 0.3 is 5.97 Å². The van der Waals surface area contributed by atoms with E-state index in [0.29, 0.717) is 23.8 Å². The fourth-order valence-electron chi connectivity index (χ4n) is 3.60. The Labute approximate surface area is 190 Å². The lowest BCUT2D eigenvalue weighted by Gasteiger charge is -2.24. The molecule has 9 heteroatoms. The van der Waals surface area contributed by atoms with Crippen molar-refractivity contribution in [1.82, 2.24) is 15.2 Å². The van der Waals surface area contributed by atoms with Gasteiger partial charge in [0, 0.05) is 11.3 Å². The number of benzene rings is 2. The van der Waals surface area contributed by atoms with Crippen molar-refractivity contribution >= 4 is 29.3 Å². The smallest absolute Gasteiger partial charge is 0.326 e. The number of hydrogen-bond donors (Lipinski definition) is 1. The molecule has 0 bridgehead atoms. The minimum absolute atomic E-state index is 0.119. The van der Waals surface area contributed by atoms with E-state index in [1.54, 1.807) is 14.0 Å². The number of para-hydroxylation sites is 1. The van der Waals surface area contributed by atoms with Crippen LogP contribution in [0, 0.1) is 0 Å². The van der Waals surface area contributed by atoms with Crippen LogP contribution in [0.15, 0.2) is 53.7 Å². The summed E-state index contributed by atoms with van der Waals surface area (Å²) in [6.07, 6.45) is 1.33. The number of fused-ring (bicyclic) bond motifs is 1. The van der Waals surface area contributed by atoms with Crippen LogP contribution < -0.4 is 9.64 Å². The van der Waals surface area contributed by atoms with E-state index in [1.165, 1.54) is 16.7 Å². The molecule has 2 aromatic carbocycles. The maximum absolute atomic E-state index is 13.4. The summed E-state index contributed by atoms with van der Waals surface area (Å²) in [7, 11) is 1.62. The molecule has 4 rings (SSSR count). The molecule has 3 aromatic rings. The molecule has 0 saturated heterocycles. The number of nitrogens with zero attached hydrogens (tertiary/aromatic N) is 3. The van der Waals surface area contributed by atoms with Crippen molar-refractivity contribution in [2.75, 3.05) is 25.2 Å². The lowest BCUT2D eigenvalue weighted by atomic mass is 10.1. The Morgan fingerprint density at radius 3 is 2.75 bits per heavy atom. The van der Waals surface area contributed by atoms with E-state index < -0.39 is 11.2 Å². The van der Waals surface area contributed by atoms with Gasteiger partial charge in [-0.2, -0.15) is 0 Å². The van der Waals surface area contributed by atoms with Gasteiger partial charge in [-0.3, -0.25) is 19.6 Å². The van der Waals surface area contributed by atoms with Gasteiger partial charge in [-0.1, -0.05) is 30.0 Å². The molecule has 0 radical (unpaired) electrons. The van der Waals surface area contributed by atoms with Gasteiger partial charge in [0.1, 0.15) is 12.3 Å². The molecule has 1 aromatic heterocycles. The van der Waals surface area contributed by atoms with E-state index in [-0.39, 0.29) is 19.1 Å². The number of hydrogen-bond acceptors (Lipinski definition) is 7. The number of rotatable bonds is 7. The van der Waals surface area contributed by atoms with E-state index in [4.69, 9.17) is 9.47 Å².